The fourth-order valence-electron chi connectivity index (χ4n) is 8.87. The van der Waals surface area contributed by atoms with Gasteiger partial charge in [-0.2, -0.15) is 0 Å². The molecule has 0 saturated heterocycles. The van der Waals surface area contributed by atoms with E-state index in [-0.39, 0.29) is 6.10 Å². The molecule has 1 aromatic carbocycles. The van der Waals surface area contributed by atoms with Crippen LogP contribution in [0.4, 0.5) is 0 Å². The van der Waals surface area contributed by atoms with E-state index in [0.29, 0.717) is 22.8 Å². The molecule has 0 amide bonds. The molecule has 1 aliphatic heterocycles. The van der Waals surface area contributed by atoms with Gasteiger partial charge in [-0.15, -0.1) is 0 Å². The van der Waals surface area contributed by atoms with Crippen LogP contribution < -0.4 is 0 Å². The van der Waals surface area contributed by atoms with Crippen LogP contribution in [-0.4, -0.2) is 29.8 Å². The summed E-state index contributed by atoms with van der Waals surface area (Å²) in [5.74, 6) is 4.00. The van der Waals surface area contributed by atoms with Gasteiger partial charge in [0.1, 0.15) is 0 Å². The number of fused-ring (bicyclic) bond motifs is 5. The first-order valence-corrected chi connectivity index (χ1v) is 13.1. The molecule has 3 saturated carbocycles. The molecule has 0 spiro atoms. The van der Waals surface area contributed by atoms with Gasteiger partial charge in [0.2, 0.25) is 5.90 Å². The number of benzene rings is 1. The Morgan fingerprint density at radius 2 is 1.75 bits per heavy atom. The SMILES string of the molecule is C[C@]12CC[C@H]3[C@@H](CC=C4C[C@@H](O)CC[C@@]43C)[C@@H]1CC[C@@H]2[C@@H]1CCOC(c2ccccc2)=N1. The minimum Gasteiger partial charge on any atom is -0.477 e. The number of nitrogens with zero attached hydrogens (tertiary/aromatic N) is 1. The molecule has 0 bridgehead atoms. The minimum atomic E-state index is -0.110. The van der Waals surface area contributed by atoms with Crippen molar-refractivity contribution in [1.82, 2.24) is 0 Å². The Labute approximate surface area is 193 Å². The number of ether oxygens (including phenoxy) is 1. The van der Waals surface area contributed by atoms with E-state index in [1.165, 1.54) is 38.5 Å². The topological polar surface area (TPSA) is 41.8 Å². The van der Waals surface area contributed by atoms with Crippen molar-refractivity contribution in [2.24, 2.45) is 39.5 Å². The normalized spacial score (nSPS) is 45.6. The average molecular weight is 434 g/mol. The summed E-state index contributed by atoms with van der Waals surface area (Å²) in [4.78, 5) is 5.22. The van der Waals surface area contributed by atoms with Crippen molar-refractivity contribution in [2.45, 2.75) is 83.8 Å². The Balaban J connectivity index is 1.27. The van der Waals surface area contributed by atoms with Crippen molar-refractivity contribution >= 4 is 5.90 Å². The number of hydrogen-bond donors (Lipinski definition) is 1. The van der Waals surface area contributed by atoms with E-state index in [2.05, 4.69) is 50.3 Å². The van der Waals surface area contributed by atoms with Crippen LogP contribution in [0, 0.1) is 34.5 Å². The second-order valence-corrected chi connectivity index (χ2v) is 11.9. The van der Waals surface area contributed by atoms with E-state index in [1.54, 1.807) is 5.57 Å². The van der Waals surface area contributed by atoms with Gasteiger partial charge < -0.3 is 9.84 Å². The lowest BCUT2D eigenvalue weighted by atomic mass is 9.47. The van der Waals surface area contributed by atoms with Crippen LogP contribution in [0.2, 0.25) is 0 Å². The molecule has 5 aliphatic rings. The maximum atomic E-state index is 10.3. The summed E-state index contributed by atoms with van der Waals surface area (Å²) in [7, 11) is 0. The summed E-state index contributed by atoms with van der Waals surface area (Å²) < 4.78 is 6.01. The van der Waals surface area contributed by atoms with Crippen LogP contribution in [-0.2, 0) is 4.74 Å². The second kappa shape index (κ2) is 7.72. The molecule has 3 fully saturated rings. The van der Waals surface area contributed by atoms with Crippen molar-refractivity contribution in [1.29, 1.82) is 0 Å². The first-order chi connectivity index (χ1) is 15.5. The van der Waals surface area contributed by atoms with Crippen molar-refractivity contribution in [2.75, 3.05) is 6.61 Å². The molecule has 32 heavy (non-hydrogen) atoms. The fourth-order valence-corrected chi connectivity index (χ4v) is 8.87. The highest BCUT2D eigenvalue weighted by Crippen LogP contribution is 2.67. The van der Waals surface area contributed by atoms with E-state index >= 15 is 0 Å². The van der Waals surface area contributed by atoms with Crippen LogP contribution in [0.25, 0.3) is 0 Å². The number of allylic oxidation sites excluding steroid dienone is 1. The maximum Gasteiger partial charge on any atom is 0.216 e. The van der Waals surface area contributed by atoms with E-state index < -0.39 is 0 Å². The summed E-state index contributed by atoms with van der Waals surface area (Å²) in [6.07, 6.45) is 13.2. The summed E-state index contributed by atoms with van der Waals surface area (Å²) >= 11 is 0. The van der Waals surface area contributed by atoms with E-state index in [1.807, 2.05) is 0 Å². The van der Waals surface area contributed by atoms with Gasteiger partial charge in [-0.3, -0.25) is 0 Å². The van der Waals surface area contributed by atoms with Gasteiger partial charge in [0.15, 0.2) is 0 Å². The quantitative estimate of drug-likeness (QED) is 0.567. The van der Waals surface area contributed by atoms with Gasteiger partial charge in [-0.1, -0.05) is 43.7 Å². The fraction of sp³-hybridized carbons (Fsp3) is 0.690. The molecular weight excluding hydrogens is 394 g/mol. The predicted molar refractivity (Wildman–Crippen MR) is 129 cm³/mol. The van der Waals surface area contributed by atoms with E-state index in [4.69, 9.17) is 9.73 Å². The molecule has 1 aromatic rings. The molecule has 1 N–H and O–H groups in total. The molecule has 3 heteroatoms. The molecule has 3 nitrogen and oxygen atoms in total. The van der Waals surface area contributed by atoms with Crippen molar-refractivity contribution in [3.63, 3.8) is 0 Å². The third-order valence-corrected chi connectivity index (χ3v) is 10.6. The van der Waals surface area contributed by atoms with Crippen LogP contribution >= 0.6 is 0 Å². The predicted octanol–water partition coefficient (Wildman–Crippen LogP) is 6.16. The van der Waals surface area contributed by atoms with Crippen LogP contribution in [0.15, 0.2) is 47.0 Å². The maximum absolute atomic E-state index is 10.3. The zero-order valence-corrected chi connectivity index (χ0v) is 19.8. The Morgan fingerprint density at radius 3 is 2.59 bits per heavy atom. The van der Waals surface area contributed by atoms with E-state index in [9.17, 15) is 5.11 Å². The van der Waals surface area contributed by atoms with Gasteiger partial charge in [-0.05, 0) is 98.0 Å². The lowest BCUT2D eigenvalue weighted by Gasteiger charge is -2.58. The Bertz CT molecular complexity index is 922. The molecule has 0 unspecified atom stereocenters. The number of aliphatic hydroxyl groups is 1. The first-order valence-electron chi connectivity index (χ1n) is 13.1. The average Bonchev–Trinajstić information content (AvgIpc) is 3.17. The van der Waals surface area contributed by atoms with Crippen LogP contribution in [0.3, 0.4) is 0 Å². The highest BCUT2D eigenvalue weighted by molar-refractivity contribution is 5.94. The molecule has 4 aliphatic carbocycles. The third-order valence-electron chi connectivity index (χ3n) is 10.6. The number of aliphatic imine (C=N–C) groups is 1. The van der Waals surface area contributed by atoms with Gasteiger partial charge in [0, 0.05) is 12.0 Å². The number of rotatable bonds is 2. The van der Waals surface area contributed by atoms with E-state index in [0.717, 1.165) is 55.1 Å². The molecule has 1 heterocycles. The minimum absolute atomic E-state index is 0.110. The highest BCUT2D eigenvalue weighted by Gasteiger charge is 2.59. The summed E-state index contributed by atoms with van der Waals surface area (Å²) in [5, 5.41) is 10.3. The smallest absolute Gasteiger partial charge is 0.216 e. The lowest BCUT2D eigenvalue weighted by molar-refractivity contribution is -0.0539. The van der Waals surface area contributed by atoms with Gasteiger partial charge in [-0.25, -0.2) is 4.99 Å². The molecule has 172 valence electrons. The Kier molecular flexibility index (Phi) is 5.06. The molecule has 0 aromatic heterocycles. The van der Waals surface area contributed by atoms with Crippen LogP contribution in [0.5, 0.6) is 0 Å². The second-order valence-electron chi connectivity index (χ2n) is 11.9. The largest absolute Gasteiger partial charge is 0.477 e. The van der Waals surface area contributed by atoms with Gasteiger partial charge in [0.25, 0.3) is 0 Å². The van der Waals surface area contributed by atoms with Crippen molar-refractivity contribution < 1.29 is 9.84 Å². The molecule has 8 atom stereocenters. The zero-order valence-electron chi connectivity index (χ0n) is 19.8. The zero-order chi connectivity index (χ0) is 21.9. The number of hydrogen-bond acceptors (Lipinski definition) is 3. The first kappa shape index (κ1) is 21.0. The highest BCUT2D eigenvalue weighted by atomic mass is 16.5. The standard InChI is InChI=1S/C29H39NO2/c1-28-15-12-21(31)18-20(28)8-9-22-23-10-11-25(29(23,2)16-13-24(22)28)26-14-17-32-27(30-26)19-6-4-3-5-7-19/h3-8,21-26,31H,9-18H2,1-2H3/t21-,22-,23-,24-,25+,26-,28-,29-/m0/s1. The molecule has 0 radical (unpaired) electrons. The van der Waals surface area contributed by atoms with Crippen molar-refractivity contribution in [3.05, 3.63) is 47.5 Å². The Hall–Kier alpha value is -1.61. The lowest BCUT2D eigenvalue weighted by Crippen LogP contribution is -2.51. The van der Waals surface area contributed by atoms with Gasteiger partial charge in [0.05, 0.1) is 18.8 Å². The van der Waals surface area contributed by atoms with Crippen LogP contribution in [0.1, 0.15) is 77.2 Å². The number of aliphatic hydroxyl groups excluding tert-OH is 1. The summed E-state index contributed by atoms with van der Waals surface area (Å²) in [6.45, 7) is 5.95. The summed E-state index contributed by atoms with van der Waals surface area (Å²) in [5.41, 5.74) is 3.44. The molecular formula is C29H39NO2. The summed E-state index contributed by atoms with van der Waals surface area (Å²) in [6, 6.07) is 10.9. The monoisotopic (exact) mass is 433 g/mol. The third kappa shape index (κ3) is 3.14. The Morgan fingerprint density at radius 1 is 0.938 bits per heavy atom. The molecule has 6 rings (SSSR count). The van der Waals surface area contributed by atoms with Gasteiger partial charge >= 0.3 is 0 Å². The van der Waals surface area contributed by atoms with Crippen molar-refractivity contribution in [3.8, 4) is 0 Å².